The van der Waals surface area contributed by atoms with E-state index in [1.165, 1.54) is 45.2 Å². The molecule has 0 spiro atoms. The van der Waals surface area contributed by atoms with E-state index in [1.54, 1.807) is 0 Å². The molecule has 104 valence electrons. The van der Waals surface area contributed by atoms with Crippen molar-refractivity contribution in [2.45, 2.75) is 78.8 Å². The molecule has 0 heterocycles. The molecule has 2 nitrogen and oxygen atoms in total. The number of hydrogen-bond donors (Lipinski definition) is 1. The molecule has 0 radical (unpaired) electrons. The minimum absolute atomic E-state index is 0.681. The number of nitrogens with zero attached hydrogens (tertiary/aromatic N) is 1. The predicted octanol–water partition coefficient (Wildman–Crippen LogP) is 3.67. The van der Waals surface area contributed by atoms with E-state index in [9.17, 15) is 0 Å². The van der Waals surface area contributed by atoms with Crippen LogP contribution in [0.15, 0.2) is 0 Å². The highest BCUT2D eigenvalue weighted by Crippen LogP contribution is 2.12. The van der Waals surface area contributed by atoms with Gasteiger partial charge >= 0.3 is 0 Å². The fourth-order valence-corrected chi connectivity index (χ4v) is 2.40. The Hall–Kier alpha value is -0.0800. The molecule has 1 atom stereocenters. The maximum absolute atomic E-state index is 3.41. The van der Waals surface area contributed by atoms with E-state index >= 15 is 0 Å². The predicted molar refractivity (Wildman–Crippen MR) is 78.6 cm³/mol. The van der Waals surface area contributed by atoms with Crippen molar-refractivity contribution in [2.75, 3.05) is 19.6 Å². The third-order valence-electron chi connectivity index (χ3n) is 3.47. The molecule has 0 rings (SSSR count). The molecule has 0 bridgehead atoms. The molecule has 0 saturated heterocycles. The van der Waals surface area contributed by atoms with Gasteiger partial charge in [-0.1, -0.05) is 26.7 Å². The average molecular weight is 242 g/mol. The van der Waals surface area contributed by atoms with Gasteiger partial charge in [0.1, 0.15) is 0 Å². The fourth-order valence-electron chi connectivity index (χ4n) is 2.40. The van der Waals surface area contributed by atoms with Gasteiger partial charge < -0.3 is 5.32 Å². The Kier molecular flexibility index (Phi) is 11.0. The van der Waals surface area contributed by atoms with Gasteiger partial charge in [0.2, 0.25) is 0 Å². The van der Waals surface area contributed by atoms with Crippen molar-refractivity contribution in [3.8, 4) is 0 Å². The normalized spacial score (nSPS) is 13.6. The highest BCUT2D eigenvalue weighted by molar-refractivity contribution is 4.71. The van der Waals surface area contributed by atoms with Crippen LogP contribution in [0.4, 0.5) is 0 Å². The first kappa shape index (κ1) is 16.9. The Balaban J connectivity index is 3.84. The van der Waals surface area contributed by atoms with Gasteiger partial charge in [-0.2, -0.15) is 0 Å². The number of unbranched alkanes of at least 4 members (excludes halogenated alkanes) is 2. The Morgan fingerprint density at radius 2 is 1.71 bits per heavy atom. The van der Waals surface area contributed by atoms with Crippen molar-refractivity contribution in [3.05, 3.63) is 0 Å². The van der Waals surface area contributed by atoms with Crippen LogP contribution in [0.25, 0.3) is 0 Å². The molecule has 17 heavy (non-hydrogen) atoms. The minimum atomic E-state index is 0.681. The third kappa shape index (κ3) is 8.62. The van der Waals surface area contributed by atoms with Crippen LogP contribution in [0.3, 0.4) is 0 Å². The first-order valence-electron chi connectivity index (χ1n) is 7.59. The first-order valence-corrected chi connectivity index (χ1v) is 7.59. The molecule has 0 saturated carbocycles. The van der Waals surface area contributed by atoms with Gasteiger partial charge in [-0.3, -0.25) is 4.90 Å². The molecule has 0 aromatic carbocycles. The van der Waals surface area contributed by atoms with E-state index < -0.39 is 0 Å². The van der Waals surface area contributed by atoms with Gasteiger partial charge in [-0.05, 0) is 59.7 Å². The Bertz CT molecular complexity index is 157. The van der Waals surface area contributed by atoms with Crippen LogP contribution in [-0.2, 0) is 0 Å². The fraction of sp³-hybridized carbons (Fsp3) is 1.00. The van der Waals surface area contributed by atoms with Gasteiger partial charge in [0, 0.05) is 12.1 Å². The molecule has 0 amide bonds. The lowest BCUT2D eigenvalue weighted by Gasteiger charge is -2.33. The molecule has 1 N–H and O–H groups in total. The smallest absolute Gasteiger partial charge is 0.00701 e. The van der Waals surface area contributed by atoms with Crippen LogP contribution in [0.2, 0.25) is 0 Å². The average Bonchev–Trinajstić information content (AvgIpc) is 2.29. The highest BCUT2D eigenvalue weighted by Gasteiger charge is 2.15. The van der Waals surface area contributed by atoms with E-state index in [0.29, 0.717) is 6.04 Å². The Morgan fingerprint density at radius 3 is 2.24 bits per heavy atom. The van der Waals surface area contributed by atoms with E-state index in [0.717, 1.165) is 12.6 Å². The molecule has 1 unspecified atom stereocenters. The molecular weight excluding hydrogens is 208 g/mol. The zero-order valence-corrected chi connectivity index (χ0v) is 12.8. The summed E-state index contributed by atoms with van der Waals surface area (Å²) in [4.78, 5) is 2.67. The SMILES string of the molecule is CCCCCN(C(C)C)C(C)CCCNCC. The van der Waals surface area contributed by atoms with Crippen LogP contribution in [-0.4, -0.2) is 36.6 Å². The van der Waals surface area contributed by atoms with Crippen molar-refractivity contribution in [2.24, 2.45) is 0 Å². The van der Waals surface area contributed by atoms with Crippen LogP contribution in [0.5, 0.6) is 0 Å². The molecular formula is C15H34N2. The standard InChI is InChI=1S/C15H34N2/c1-6-8-9-13-17(14(3)4)15(5)11-10-12-16-7-2/h14-16H,6-13H2,1-5H3. The largest absolute Gasteiger partial charge is 0.317 e. The van der Waals surface area contributed by atoms with E-state index in [2.05, 4.69) is 44.8 Å². The summed E-state index contributed by atoms with van der Waals surface area (Å²) in [6, 6.07) is 1.41. The third-order valence-corrected chi connectivity index (χ3v) is 3.47. The van der Waals surface area contributed by atoms with Gasteiger partial charge in [0.25, 0.3) is 0 Å². The summed E-state index contributed by atoms with van der Waals surface area (Å²) in [7, 11) is 0. The summed E-state index contributed by atoms with van der Waals surface area (Å²) in [6.45, 7) is 15.0. The summed E-state index contributed by atoms with van der Waals surface area (Å²) in [5.41, 5.74) is 0. The summed E-state index contributed by atoms with van der Waals surface area (Å²) in [5, 5.41) is 3.41. The molecule has 0 aliphatic rings. The highest BCUT2D eigenvalue weighted by atomic mass is 15.2. The van der Waals surface area contributed by atoms with Gasteiger partial charge in [0.05, 0.1) is 0 Å². The zero-order valence-electron chi connectivity index (χ0n) is 12.8. The van der Waals surface area contributed by atoms with Crippen molar-refractivity contribution >= 4 is 0 Å². The molecule has 0 aliphatic carbocycles. The minimum Gasteiger partial charge on any atom is -0.317 e. The van der Waals surface area contributed by atoms with E-state index in [1.807, 2.05) is 0 Å². The van der Waals surface area contributed by atoms with Crippen molar-refractivity contribution < 1.29 is 0 Å². The number of nitrogens with one attached hydrogen (secondary N) is 1. The van der Waals surface area contributed by atoms with E-state index in [-0.39, 0.29) is 0 Å². The van der Waals surface area contributed by atoms with Crippen molar-refractivity contribution in [1.82, 2.24) is 10.2 Å². The molecule has 0 aromatic heterocycles. The molecule has 0 aliphatic heterocycles. The molecule has 0 aromatic rings. The Labute approximate surface area is 109 Å². The maximum Gasteiger partial charge on any atom is 0.00701 e. The van der Waals surface area contributed by atoms with Crippen LogP contribution >= 0.6 is 0 Å². The second-order valence-corrected chi connectivity index (χ2v) is 5.38. The van der Waals surface area contributed by atoms with Crippen LogP contribution in [0.1, 0.15) is 66.7 Å². The van der Waals surface area contributed by atoms with Crippen LogP contribution < -0.4 is 5.32 Å². The monoisotopic (exact) mass is 242 g/mol. The lowest BCUT2D eigenvalue weighted by atomic mass is 10.1. The van der Waals surface area contributed by atoms with Crippen molar-refractivity contribution in [3.63, 3.8) is 0 Å². The zero-order chi connectivity index (χ0) is 13.1. The summed E-state index contributed by atoms with van der Waals surface area (Å²) < 4.78 is 0. The Morgan fingerprint density at radius 1 is 1.00 bits per heavy atom. The molecule has 0 fully saturated rings. The quantitative estimate of drug-likeness (QED) is 0.556. The summed E-state index contributed by atoms with van der Waals surface area (Å²) >= 11 is 0. The van der Waals surface area contributed by atoms with E-state index in [4.69, 9.17) is 0 Å². The number of hydrogen-bond acceptors (Lipinski definition) is 2. The second-order valence-electron chi connectivity index (χ2n) is 5.38. The molecule has 2 heteroatoms. The first-order chi connectivity index (χ1) is 8.13. The van der Waals surface area contributed by atoms with Crippen molar-refractivity contribution in [1.29, 1.82) is 0 Å². The van der Waals surface area contributed by atoms with Gasteiger partial charge in [-0.25, -0.2) is 0 Å². The lowest BCUT2D eigenvalue weighted by molar-refractivity contribution is 0.151. The lowest BCUT2D eigenvalue weighted by Crippen LogP contribution is -2.39. The maximum atomic E-state index is 3.41. The summed E-state index contributed by atoms with van der Waals surface area (Å²) in [5.74, 6) is 0. The summed E-state index contributed by atoms with van der Waals surface area (Å²) in [6.07, 6.45) is 6.66. The van der Waals surface area contributed by atoms with Gasteiger partial charge in [-0.15, -0.1) is 0 Å². The topological polar surface area (TPSA) is 15.3 Å². The van der Waals surface area contributed by atoms with Crippen LogP contribution in [0, 0.1) is 0 Å². The number of rotatable bonds is 11. The van der Waals surface area contributed by atoms with Gasteiger partial charge in [0.15, 0.2) is 0 Å². The second kappa shape index (κ2) is 11.0.